The molecule has 0 unspecified atom stereocenters. The number of benzene rings is 3. The molecule has 1 aliphatic rings. The van der Waals surface area contributed by atoms with Crippen LogP contribution in [0.25, 0.3) is 16.7 Å². The second kappa shape index (κ2) is 6.61. The molecule has 5 heteroatoms. The third-order valence-electron chi connectivity index (χ3n) is 5.07. The van der Waals surface area contributed by atoms with E-state index >= 15 is 0 Å². The largest absolute Gasteiger partial charge is 0.350 e. The molecule has 3 aromatic carbocycles. The molecule has 1 saturated heterocycles. The molecule has 1 fully saturated rings. The van der Waals surface area contributed by atoms with Crippen LogP contribution in [0.15, 0.2) is 78.9 Å². The summed E-state index contributed by atoms with van der Waals surface area (Å²) in [4.78, 5) is 0. The predicted molar refractivity (Wildman–Crippen MR) is 104 cm³/mol. The molecule has 5 rings (SSSR count). The van der Waals surface area contributed by atoms with Gasteiger partial charge in [0, 0.05) is 6.04 Å². The van der Waals surface area contributed by atoms with E-state index in [1.165, 1.54) is 5.56 Å². The Labute approximate surface area is 157 Å². The van der Waals surface area contributed by atoms with E-state index < -0.39 is 0 Å². The Balaban J connectivity index is 1.39. The first-order valence-corrected chi connectivity index (χ1v) is 9.17. The van der Waals surface area contributed by atoms with E-state index in [0.29, 0.717) is 0 Å². The van der Waals surface area contributed by atoms with Gasteiger partial charge in [0.25, 0.3) is 0 Å². The Bertz CT molecular complexity index is 1060. The van der Waals surface area contributed by atoms with E-state index in [1.807, 2.05) is 35.0 Å². The third-order valence-corrected chi connectivity index (χ3v) is 5.07. The van der Waals surface area contributed by atoms with E-state index in [9.17, 15) is 0 Å². The van der Waals surface area contributed by atoms with Crippen LogP contribution in [0.3, 0.4) is 0 Å². The number of hydrogen-bond donors (Lipinski definition) is 1. The number of fused-ring (bicyclic) bond motifs is 1. The maximum Gasteiger partial charge on any atom is 0.135 e. The molecule has 3 atom stereocenters. The molecule has 134 valence electrons. The second-order valence-corrected chi connectivity index (χ2v) is 6.88. The minimum atomic E-state index is -0.119. The van der Waals surface area contributed by atoms with Crippen molar-refractivity contribution in [3.63, 3.8) is 0 Å². The van der Waals surface area contributed by atoms with Crippen LogP contribution in [0.2, 0.25) is 0 Å². The summed E-state index contributed by atoms with van der Waals surface area (Å²) in [5.74, 6) is 0. The summed E-state index contributed by atoms with van der Waals surface area (Å²) in [6.07, 6.45) is -0.0677. The van der Waals surface area contributed by atoms with Gasteiger partial charge in [-0.3, -0.25) is 5.32 Å². The Morgan fingerprint density at radius 1 is 0.852 bits per heavy atom. The average molecular weight is 356 g/mol. The van der Waals surface area contributed by atoms with Gasteiger partial charge in [-0.2, -0.15) is 0 Å². The minimum Gasteiger partial charge on any atom is -0.350 e. The first-order chi connectivity index (χ1) is 13.3. The fourth-order valence-corrected chi connectivity index (χ4v) is 3.66. The molecular weight excluding hydrogens is 336 g/mol. The fourth-order valence-electron chi connectivity index (χ4n) is 3.66. The first kappa shape index (κ1) is 16.2. The zero-order valence-electron chi connectivity index (χ0n) is 15.0. The van der Waals surface area contributed by atoms with Crippen molar-refractivity contribution in [2.75, 3.05) is 0 Å². The summed E-state index contributed by atoms with van der Waals surface area (Å²) < 4.78 is 8.16. The van der Waals surface area contributed by atoms with Crippen molar-refractivity contribution in [3.8, 4) is 5.69 Å². The second-order valence-electron chi connectivity index (χ2n) is 6.88. The van der Waals surface area contributed by atoms with Crippen molar-refractivity contribution in [1.82, 2.24) is 20.3 Å². The van der Waals surface area contributed by atoms with Crippen LogP contribution in [0.5, 0.6) is 0 Å². The molecule has 0 saturated carbocycles. The summed E-state index contributed by atoms with van der Waals surface area (Å²) in [7, 11) is 0. The lowest BCUT2D eigenvalue weighted by Crippen LogP contribution is -2.23. The average Bonchev–Trinajstić information content (AvgIpc) is 3.33. The van der Waals surface area contributed by atoms with Crippen molar-refractivity contribution in [2.24, 2.45) is 0 Å². The summed E-state index contributed by atoms with van der Waals surface area (Å²) in [5.41, 5.74) is 5.18. The van der Waals surface area contributed by atoms with Crippen molar-refractivity contribution in [1.29, 1.82) is 0 Å². The molecule has 0 radical (unpaired) electrons. The summed E-state index contributed by atoms with van der Waals surface area (Å²) >= 11 is 0. The van der Waals surface area contributed by atoms with Gasteiger partial charge in [0.1, 0.15) is 17.8 Å². The Morgan fingerprint density at radius 3 is 2.41 bits per heavy atom. The van der Waals surface area contributed by atoms with Gasteiger partial charge in [-0.1, -0.05) is 59.8 Å². The Hall–Kier alpha value is -3.02. The zero-order chi connectivity index (χ0) is 18.2. The number of nitrogens with one attached hydrogen (secondary N) is 1. The summed E-state index contributed by atoms with van der Waals surface area (Å²) in [6, 6.07) is 26.9. The molecule has 1 aromatic heterocycles. The number of hydrogen-bond acceptors (Lipinski definition) is 4. The topological polar surface area (TPSA) is 52.0 Å². The van der Waals surface area contributed by atoms with E-state index in [-0.39, 0.29) is 18.4 Å². The molecule has 0 amide bonds. The molecule has 2 heterocycles. The molecular formula is C22H20N4O. The van der Waals surface area contributed by atoms with Crippen LogP contribution in [-0.2, 0) is 4.74 Å². The molecule has 0 bridgehead atoms. The molecule has 0 aliphatic carbocycles. The molecule has 1 aliphatic heterocycles. The van der Waals surface area contributed by atoms with Crippen molar-refractivity contribution >= 4 is 11.0 Å². The van der Waals surface area contributed by atoms with Gasteiger partial charge in [-0.25, -0.2) is 4.68 Å². The van der Waals surface area contributed by atoms with Crippen molar-refractivity contribution in [2.45, 2.75) is 25.3 Å². The van der Waals surface area contributed by atoms with Crippen LogP contribution in [0.1, 0.15) is 30.4 Å². The van der Waals surface area contributed by atoms with Gasteiger partial charge >= 0.3 is 0 Å². The van der Waals surface area contributed by atoms with Crippen LogP contribution < -0.4 is 5.32 Å². The van der Waals surface area contributed by atoms with E-state index in [1.54, 1.807) is 0 Å². The van der Waals surface area contributed by atoms with Crippen LogP contribution in [-0.4, -0.2) is 21.0 Å². The third kappa shape index (κ3) is 2.91. The predicted octanol–water partition coefficient (Wildman–Crippen LogP) is 4.17. The van der Waals surface area contributed by atoms with Crippen molar-refractivity contribution < 1.29 is 4.74 Å². The molecule has 5 nitrogen and oxygen atoms in total. The standard InChI is InChI=1S/C22H20N4O/c1-15-21(16-7-3-2-4-8-16)27-22(23-15)17-11-13-18(14-12-17)26-20-10-6-5-9-19(20)24-25-26/h2-15,21-23H,1H3/t15-,21+,22+/m1/s1. The lowest BCUT2D eigenvalue weighted by Gasteiger charge is -2.14. The van der Waals surface area contributed by atoms with E-state index in [4.69, 9.17) is 4.74 Å². The quantitative estimate of drug-likeness (QED) is 0.599. The number of para-hydroxylation sites is 1. The van der Waals surface area contributed by atoms with Gasteiger partial charge in [-0.15, -0.1) is 5.10 Å². The van der Waals surface area contributed by atoms with E-state index in [0.717, 1.165) is 22.3 Å². The monoisotopic (exact) mass is 356 g/mol. The number of aromatic nitrogens is 3. The first-order valence-electron chi connectivity index (χ1n) is 9.17. The lowest BCUT2D eigenvalue weighted by atomic mass is 10.0. The Kier molecular flexibility index (Phi) is 3.96. The van der Waals surface area contributed by atoms with Crippen LogP contribution >= 0.6 is 0 Å². The molecule has 4 aromatic rings. The lowest BCUT2D eigenvalue weighted by molar-refractivity contribution is 0.0363. The van der Waals surface area contributed by atoms with E-state index in [2.05, 4.69) is 71.1 Å². The highest BCUT2D eigenvalue weighted by atomic mass is 16.5. The van der Waals surface area contributed by atoms with Gasteiger partial charge in [-0.05, 0) is 42.3 Å². The van der Waals surface area contributed by atoms with Gasteiger partial charge in [0.15, 0.2) is 0 Å². The van der Waals surface area contributed by atoms with Gasteiger partial charge < -0.3 is 4.74 Å². The van der Waals surface area contributed by atoms with Crippen molar-refractivity contribution in [3.05, 3.63) is 90.0 Å². The van der Waals surface area contributed by atoms with Gasteiger partial charge in [0.05, 0.1) is 11.2 Å². The smallest absolute Gasteiger partial charge is 0.135 e. The molecule has 0 spiro atoms. The molecule has 1 N–H and O–H groups in total. The minimum absolute atomic E-state index is 0.0511. The zero-order valence-corrected chi connectivity index (χ0v) is 15.0. The van der Waals surface area contributed by atoms with Crippen LogP contribution in [0, 0.1) is 0 Å². The van der Waals surface area contributed by atoms with Crippen LogP contribution in [0.4, 0.5) is 0 Å². The molecule has 27 heavy (non-hydrogen) atoms. The normalized spacial score (nSPS) is 22.3. The number of ether oxygens (including phenoxy) is 1. The highest BCUT2D eigenvalue weighted by Gasteiger charge is 2.33. The summed E-state index contributed by atoms with van der Waals surface area (Å²) in [6.45, 7) is 2.16. The van der Waals surface area contributed by atoms with Gasteiger partial charge in [0.2, 0.25) is 0 Å². The fraction of sp³-hybridized carbons (Fsp3) is 0.182. The highest BCUT2D eigenvalue weighted by molar-refractivity contribution is 5.75. The highest BCUT2D eigenvalue weighted by Crippen LogP contribution is 2.35. The number of nitrogens with zero attached hydrogens (tertiary/aromatic N) is 3. The maximum absolute atomic E-state index is 6.30. The summed E-state index contributed by atoms with van der Waals surface area (Å²) in [5, 5.41) is 12.0. The maximum atomic E-state index is 6.30. The SMILES string of the molecule is C[C@H]1N[C@H](c2ccc(-n3nnc4ccccc43)cc2)O[C@@H]1c1ccccc1. The number of rotatable bonds is 3. The Morgan fingerprint density at radius 2 is 1.59 bits per heavy atom.